The lowest BCUT2D eigenvalue weighted by Gasteiger charge is -2.27. The van der Waals surface area contributed by atoms with Crippen molar-refractivity contribution in [3.8, 4) is 0 Å². The molecule has 2 N–H and O–H groups in total. The molecule has 154 valence electrons. The van der Waals surface area contributed by atoms with Crippen molar-refractivity contribution >= 4 is 28.5 Å². The Morgan fingerprint density at radius 3 is 2.72 bits per heavy atom. The third-order valence-electron chi connectivity index (χ3n) is 5.42. The summed E-state index contributed by atoms with van der Waals surface area (Å²) in [4.78, 5) is 4.77. The lowest BCUT2D eigenvalue weighted by Crippen LogP contribution is -2.29. The third-order valence-corrected chi connectivity index (χ3v) is 6.31. The van der Waals surface area contributed by atoms with Gasteiger partial charge in [-0.2, -0.15) is 5.10 Å². The second-order valence-electron chi connectivity index (χ2n) is 7.30. The van der Waals surface area contributed by atoms with E-state index in [9.17, 15) is 0 Å². The molecule has 1 saturated heterocycles. The molecule has 0 bridgehead atoms. The van der Waals surface area contributed by atoms with Crippen LogP contribution in [0.25, 0.3) is 11.0 Å². The number of hydrogen-bond donors (Lipinski definition) is 2. The van der Waals surface area contributed by atoms with Crippen molar-refractivity contribution in [1.29, 1.82) is 0 Å². The molecule has 1 unspecified atom stereocenters. The Hall–Kier alpha value is -2.09. The third kappa shape index (κ3) is 4.57. The van der Waals surface area contributed by atoms with Crippen LogP contribution in [0.4, 0.5) is 5.69 Å². The predicted octanol–water partition coefficient (Wildman–Crippen LogP) is 4.19. The SMILES string of the molecule is CCn1ncc2c(NC3CCOCC3)c(C(NCc3ccccc3)SC)cnc21. The molecular formula is C22H29N5OS. The van der Waals surface area contributed by atoms with Gasteiger partial charge in [-0.25, -0.2) is 9.67 Å². The second kappa shape index (κ2) is 9.61. The number of ether oxygens (including phenoxy) is 1. The smallest absolute Gasteiger partial charge is 0.159 e. The first-order chi connectivity index (χ1) is 14.3. The molecule has 0 aliphatic carbocycles. The number of hydrogen-bond acceptors (Lipinski definition) is 6. The monoisotopic (exact) mass is 411 g/mol. The number of rotatable bonds is 8. The van der Waals surface area contributed by atoms with E-state index >= 15 is 0 Å². The van der Waals surface area contributed by atoms with Crippen LogP contribution in [0.3, 0.4) is 0 Å². The van der Waals surface area contributed by atoms with Gasteiger partial charge in [-0.15, -0.1) is 11.8 Å². The van der Waals surface area contributed by atoms with Gasteiger partial charge in [-0.3, -0.25) is 5.32 Å². The number of nitrogens with one attached hydrogen (secondary N) is 2. The summed E-state index contributed by atoms with van der Waals surface area (Å²) < 4.78 is 7.51. The minimum absolute atomic E-state index is 0.138. The highest BCUT2D eigenvalue weighted by Gasteiger charge is 2.22. The largest absolute Gasteiger partial charge is 0.381 e. The molecule has 4 rings (SSSR count). The van der Waals surface area contributed by atoms with E-state index in [2.05, 4.69) is 59.2 Å². The molecule has 1 atom stereocenters. The molecule has 0 spiro atoms. The Morgan fingerprint density at radius 2 is 2.00 bits per heavy atom. The van der Waals surface area contributed by atoms with Crippen LogP contribution in [-0.4, -0.2) is 40.3 Å². The molecule has 1 aliphatic rings. The van der Waals surface area contributed by atoms with Gasteiger partial charge >= 0.3 is 0 Å². The second-order valence-corrected chi connectivity index (χ2v) is 8.24. The zero-order valence-corrected chi connectivity index (χ0v) is 17.9. The fraction of sp³-hybridized carbons (Fsp3) is 0.455. The maximum atomic E-state index is 5.55. The van der Waals surface area contributed by atoms with Crippen molar-refractivity contribution in [2.75, 3.05) is 24.8 Å². The zero-order valence-electron chi connectivity index (χ0n) is 17.1. The van der Waals surface area contributed by atoms with Crippen molar-refractivity contribution in [3.63, 3.8) is 0 Å². The lowest BCUT2D eigenvalue weighted by atomic mass is 10.1. The number of nitrogens with zero attached hydrogens (tertiary/aromatic N) is 3. The van der Waals surface area contributed by atoms with E-state index in [4.69, 9.17) is 9.72 Å². The predicted molar refractivity (Wildman–Crippen MR) is 120 cm³/mol. The zero-order chi connectivity index (χ0) is 20.1. The number of aromatic nitrogens is 3. The van der Waals surface area contributed by atoms with Gasteiger partial charge in [0.25, 0.3) is 0 Å². The number of pyridine rings is 1. The fourth-order valence-electron chi connectivity index (χ4n) is 3.81. The summed E-state index contributed by atoms with van der Waals surface area (Å²) >= 11 is 1.80. The van der Waals surface area contributed by atoms with E-state index in [1.165, 1.54) is 11.1 Å². The first kappa shape index (κ1) is 20.2. The van der Waals surface area contributed by atoms with E-state index < -0.39 is 0 Å². The molecule has 6 nitrogen and oxygen atoms in total. The Balaban J connectivity index is 1.66. The van der Waals surface area contributed by atoms with E-state index in [0.717, 1.165) is 55.9 Å². The average Bonchev–Trinajstić information content (AvgIpc) is 3.20. The molecular weight excluding hydrogens is 382 g/mol. The summed E-state index contributed by atoms with van der Waals surface area (Å²) in [5.74, 6) is 0. The van der Waals surface area contributed by atoms with Crippen LogP contribution in [0, 0.1) is 0 Å². The molecule has 7 heteroatoms. The highest BCUT2D eigenvalue weighted by molar-refractivity contribution is 7.98. The molecule has 2 aromatic heterocycles. The van der Waals surface area contributed by atoms with Crippen molar-refractivity contribution in [2.45, 2.75) is 44.3 Å². The Labute approximate surface area is 176 Å². The maximum Gasteiger partial charge on any atom is 0.159 e. The molecule has 1 fully saturated rings. The van der Waals surface area contributed by atoms with Gasteiger partial charge in [0.2, 0.25) is 0 Å². The lowest BCUT2D eigenvalue weighted by molar-refractivity contribution is 0.0904. The summed E-state index contributed by atoms with van der Waals surface area (Å²) in [5.41, 5.74) is 4.55. The number of anilines is 1. The highest BCUT2D eigenvalue weighted by atomic mass is 32.2. The molecule has 1 aliphatic heterocycles. The number of fused-ring (bicyclic) bond motifs is 1. The molecule has 0 radical (unpaired) electrons. The average molecular weight is 412 g/mol. The summed E-state index contributed by atoms with van der Waals surface area (Å²) in [6, 6.07) is 10.9. The number of aryl methyl sites for hydroxylation is 1. The van der Waals surface area contributed by atoms with Crippen LogP contribution in [0.5, 0.6) is 0 Å². The van der Waals surface area contributed by atoms with Gasteiger partial charge in [0.15, 0.2) is 5.65 Å². The van der Waals surface area contributed by atoms with E-state index in [1.54, 1.807) is 11.8 Å². The summed E-state index contributed by atoms with van der Waals surface area (Å²) in [5, 5.41) is 13.3. The van der Waals surface area contributed by atoms with Crippen LogP contribution in [0.15, 0.2) is 42.7 Å². The Kier molecular flexibility index (Phi) is 6.69. The van der Waals surface area contributed by atoms with Crippen molar-refractivity contribution in [1.82, 2.24) is 20.1 Å². The normalized spacial score (nSPS) is 16.2. The van der Waals surface area contributed by atoms with Gasteiger partial charge < -0.3 is 10.1 Å². The van der Waals surface area contributed by atoms with Gasteiger partial charge in [-0.05, 0) is 31.6 Å². The van der Waals surface area contributed by atoms with Crippen molar-refractivity contribution in [2.24, 2.45) is 0 Å². The Morgan fingerprint density at radius 1 is 1.21 bits per heavy atom. The first-order valence-corrected chi connectivity index (χ1v) is 11.6. The summed E-state index contributed by atoms with van der Waals surface area (Å²) in [6.07, 6.45) is 8.14. The van der Waals surface area contributed by atoms with Crippen LogP contribution >= 0.6 is 11.8 Å². The van der Waals surface area contributed by atoms with E-state index in [0.29, 0.717) is 6.04 Å². The highest BCUT2D eigenvalue weighted by Crippen LogP contribution is 2.36. The summed E-state index contributed by atoms with van der Waals surface area (Å²) in [7, 11) is 0. The topological polar surface area (TPSA) is 64.0 Å². The van der Waals surface area contributed by atoms with E-state index in [-0.39, 0.29) is 5.37 Å². The first-order valence-electron chi connectivity index (χ1n) is 10.3. The van der Waals surface area contributed by atoms with Crippen molar-refractivity contribution < 1.29 is 4.74 Å². The van der Waals surface area contributed by atoms with E-state index in [1.807, 2.05) is 17.1 Å². The molecule has 1 aromatic carbocycles. The molecule has 0 saturated carbocycles. The quantitative estimate of drug-likeness (QED) is 0.542. The van der Waals surface area contributed by atoms with Crippen LogP contribution in [0.2, 0.25) is 0 Å². The Bertz CT molecular complexity index is 924. The minimum atomic E-state index is 0.138. The van der Waals surface area contributed by atoms with Gasteiger partial charge in [0.05, 0.1) is 22.6 Å². The number of thioether (sulfide) groups is 1. The van der Waals surface area contributed by atoms with Crippen LogP contribution < -0.4 is 10.6 Å². The molecule has 3 aromatic rings. The molecule has 29 heavy (non-hydrogen) atoms. The van der Waals surface area contributed by atoms with Gasteiger partial charge in [-0.1, -0.05) is 30.3 Å². The maximum absolute atomic E-state index is 5.55. The fourth-order valence-corrected chi connectivity index (χ4v) is 4.49. The standard InChI is InChI=1S/C22H29N5OS/c1-3-27-21-18(15-25-27)20(26-17-9-11-28-12-10-17)19(14-23-21)22(29-2)24-13-16-7-5-4-6-8-16/h4-8,14-15,17,22,24H,3,9-13H2,1-2H3,(H,23,26). The van der Waals surface area contributed by atoms with Crippen molar-refractivity contribution in [3.05, 3.63) is 53.9 Å². The minimum Gasteiger partial charge on any atom is -0.381 e. The molecule has 3 heterocycles. The van der Waals surface area contributed by atoms with Crippen LogP contribution in [-0.2, 0) is 17.8 Å². The summed E-state index contributed by atoms with van der Waals surface area (Å²) in [6.45, 7) is 5.35. The van der Waals surface area contributed by atoms with Gasteiger partial charge in [0, 0.05) is 44.1 Å². The van der Waals surface area contributed by atoms with Gasteiger partial charge in [0.1, 0.15) is 0 Å². The molecule has 0 amide bonds. The van der Waals surface area contributed by atoms with Crippen LogP contribution in [0.1, 0.15) is 36.3 Å². The number of benzene rings is 1.